The molecule has 0 bridgehead atoms. The summed E-state index contributed by atoms with van der Waals surface area (Å²) < 4.78 is 22.5. The molecule has 1 amide bonds. The number of benzene rings is 2. The highest BCUT2D eigenvalue weighted by Gasteiger charge is 2.48. The van der Waals surface area contributed by atoms with Crippen molar-refractivity contribution in [3.8, 4) is 17.2 Å². The molecule has 1 aromatic heterocycles. The lowest BCUT2D eigenvalue weighted by Gasteiger charge is -2.24. The number of Topliss-reactive ketones (excluding diaryl/α,β-unsaturated/α-hetero) is 1. The Kier molecular flexibility index (Phi) is 8.72. The fourth-order valence-electron chi connectivity index (χ4n) is 5.25. The summed E-state index contributed by atoms with van der Waals surface area (Å²) in [5, 5.41) is 11.8. The number of ether oxygens (including phenoxy) is 4. The number of esters is 1. The molecule has 3 heterocycles. The maximum atomic E-state index is 13.7. The first-order valence-electron chi connectivity index (χ1n) is 14.2. The van der Waals surface area contributed by atoms with Gasteiger partial charge < -0.3 is 24.1 Å². The molecular formula is C32H34N2O8S. The predicted molar refractivity (Wildman–Crippen MR) is 161 cm³/mol. The Bertz CT molecular complexity index is 1610. The minimum atomic E-state index is -1.07. The Balaban J connectivity index is 1.68. The maximum Gasteiger partial charge on any atom is 0.350 e. The summed E-state index contributed by atoms with van der Waals surface area (Å²) >= 11 is 0.941. The van der Waals surface area contributed by atoms with Crippen LogP contribution in [0.1, 0.15) is 71.7 Å². The molecule has 1 saturated heterocycles. The van der Waals surface area contributed by atoms with Crippen LogP contribution in [0.4, 0.5) is 5.13 Å². The SMILES string of the molecule is CCCCOc1ccc(C2/C(=C(/O)c3ccc4c(c3)CC(C)O4)C(=O)C(=O)N2c2nc(C)c(C(=O)OC)s2)cc1OCC. The van der Waals surface area contributed by atoms with E-state index >= 15 is 0 Å². The lowest BCUT2D eigenvalue weighted by atomic mass is 9.94. The molecule has 226 valence electrons. The molecule has 3 aromatic rings. The van der Waals surface area contributed by atoms with Crippen LogP contribution in [0.3, 0.4) is 0 Å². The number of aliphatic hydroxyl groups is 1. The molecule has 0 aliphatic carbocycles. The average Bonchev–Trinajstić information content (AvgIpc) is 3.64. The molecule has 10 nitrogen and oxygen atoms in total. The normalized spacial score (nSPS) is 18.9. The summed E-state index contributed by atoms with van der Waals surface area (Å²) in [5.74, 6) is -0.989. The molecule has 2 aliphatic rings. The zero-order valence-corrected chi connectivity index (χ0v) is 25.6. The number of aryl methyl sites for hydroxylation is 1. The third-order valence-corrected chi connectivity index (χ3v) is 8.45. The van der Waals surface area contributed by atoms with Crippen molar-refractivity contribution >= 4 is 39.9 Å². The summed E-state index contributed by atoms with van der Waals surface area (Å²) in [6.07, 6.45) is 2.47. The van der Waals surface area contributed by atoms with Crippen molar-refractivity contribution in [3.05, 3.63) is 69.2 Å². The molecule has 2 aromatic carbocycles. The maximum absolute atomic E-state index is 13.7. The number of hydrogen-bond acceptors (Lipinski definition) is 10. The molecule has 0 saturated carbocycles. The second-order valence-electron chi connectivity index (χ2n) is 10.4. The van der Waals surface area contributed by atoms with Gasteiger partial charge in [-0.1, -0.05) is 30.7 Å². The number of unbranched alkanes of at least 4 members (excludes halogenated alkanes) is 1. The largest absolute Gasteiger partial charge is 0.507 e. The van der Waals surface area contributed by atoms with E-state index < -0.39 is 23.7 Å². The molecule has 11 heteroatoms. The third kappa shape index (κ3) is 5.69. The highest BCUT2D eigenvalue weighted by molar-refractivity contribution is 7.17. The van der Waals surface area contributed by atoms with Gasteiger partial charge in [0.15, 0.2) is 16.6 Å². The van der Waals surface area contributed by atoms with Gasteiger partial charge in [0.1, 0.15) is 22.5 Å². The summed E-state index contributed by atoms with van der Waals surface area (Å²) in [6, 6.07) is 9.30. The van der Waals surface area contributed by atoms with Crippen LogP contribution in [-0.4, -0.2) is 54.2 Å². The number of rotatable bonds is 10. The Morgan fingerprint density at radius 1 is 1.14 bits per heavy atom. The Morgan fingerprint density at radius 2 is 1.93 bits per heavy atom. The number of ketones is 1. The molecule has 2 atom stereocenters. The molecule has 2 aliphatic heterocycles. The van der Waals surface area contributed by atoms with Gasteiger partial charge in [-0.15, -0.1) is 0 Å². The molecule has 1 N–H and O–H groups in total. The summed E-state index contributed by atoms with van der Waals surface area (Å²) in [5.41, 5.74) is 2.03. The fourth-order valence-corrected chi connectivity index (χ4v) is 6.26. The highest BCUT2D eigenvalue weighted by Crippen LogP contribution is 2.46. The van der Waals surface area contributed by atoms with Gasteiger partial charge >= 0.3 is 11.9 Å². The van der Waals surface area contributed by atoms with E-state index in [0.717, 1.165) is 35.5 Å². The molecule has 2 unspecified atom stereocenters. The standard InChI is InChI=1S/C32H34N2O8S/c1-6-8-13-41-23-12-9-19(16-24(23)40-7-2)26-25(27(35)20-10-11-22-21(15-20)14-17(3)42-22)28(36)30(37)34(26)32-33-18(4)29(43-32)31(38)39-5/h9-12,15-17,26,35H,6-8,13-14H2,1-5H3/b27-25-. The number of thiazole rings is 1. The second kappa shape index (κ2) is 12.5. The number of carbonyl (C=O) groups is 3. The third-order valence-electron chi connectivity index (χ3n) is 7.31. The lowest BCUT2D eigenvalue weighted by molar-refractivity contribution is -0.132. The van der Waals surface area contributed by atoms with Crippen LogP contribution in [0.2, 0.25) is 0 Å². The van der Waals surface area contributed by atoms with Crippen molar-refractivity contribution in [3.63, 3.8) is 0 Å². The van der Waals surface area contributed by atoms with Gasteiger partial charge in [-0.05, 0) is 68.7 Å². The van der Waals surface area contributed by atoms with Gasteiger partial charge in [0.25, 0.3) is 5.78 Å². The minimum Gasteiger partial charge on any atom is -0.507 e. The first-order chi connectivity index (χ1) is 20.7. The van der Waals surface area contributed by atoms with Crippen molar-refractivity contribution in [2.45, 2.75) is 59.1 Å². The number of aromatic nitrogens is 1. The summed E-state index contributed by atoms with van der Waals surface area (Å²) in [4.78, 5) is 45.7. The van der Waals surface area contributed by atoms with E-state index in [2.05, 4.69) is 11.9 Å². The topological polar surface area (TPSA) is 124 Å². The zero-order chi connectivity index (χ0) is 30.8. The van der Waals surface area contributed by atoms with Gasteiger partial charge in [-0.25, -0.2) is 9.78 Å². The van der Waals surface area contributed by atoms with Crippen molar-refractivity contribution in [2.24, 2.45) is 0 Å². The van der Waals surface area contributed by atoms with Crippen molar-refractivity contribution in [1.29, 1.82) is 0 Å². The molecule has 5 rings (SSSR count). The van der Waals surface area contributed by atoms with Crippen molar-refractivity contribution in [1.82, 2.24) is 4.98 Å². The lowest BCUT2D eigenvalue weighted by Crippen LogP contribution is -2.29. The number of amides is 1. The highest BCUT2D eigenvalue weighted by atomic mass is 32.1. The number of fused-ring (bicyclic) bond motifs is 1. The van der Waals surface area contributed by atoms with E-state index in [9.17, 15) is 19.5 Å². The van der Waals surface area contributed by atoms with Crippen molar-refractivity contribution < 1.29 is 38.4 Å². The first-order valence-corrected chi connectivity index (χ1v) is 15.1. The van der Waals surface area contributed by atoms with E-state index in [1.807, 2.05) is 13.8 Å². The zero-order valence-electron chi connectivity index (χ0n) is 24.8. The predicted octanol–water partition coefficient (Wildman–Crippen LogP) is 5.77. The quantitative estimate of drug-likeness (QED) is 0.101. The average molecular weight is 607 g/mol. The molecule has 1 fully saturated rings. The first kappa shape index (κ1) is 30.1. The molecular weight excluding hydrogens is 572 g/mol. The van der Waals surface area contributed by atoms with E-state index in [4.69, 9.17) is 18.9 Å². The van der Waals surface area contributed by atoms with E-state index in [1.165, 1.54) is 12.0 Å². The number of carbonyl (C=O) groups excluding carboxylic acids is 3. The second-order valence-corrected chi connectivity index (χ2v) is 11.3. The Hall–Kier alpha value is -4.38. The number of aliphatic hydroxyl groups excluding tert-OH is 1. The Morgan fingerprint density at radius 3 is 2.65 bits per heavy atom. The van der Waals surface area contributed by atoms with Crippen LogP contribution < -0.4 is 19.1 Å². The number of hydrogen-bond donors (Lipinski definition) is 1. The van der Waals surface area contributed by atoms with Gasteiger partial charge in [0.2, 0.25) is 0 Å². The van der Waals surface area contributed by atoms with Gasteiger partial charge in [0, 0.05) is 12.0 Å². The smallest absolute Gasteiger partial charge is 0.350 e. The van der Waals surface area contributed by atoms with Crippen LogP contribution in [0, 0.1) is 6.92 Å². The molecule has 0 radical (unpaired) electrons. The van der Waals surface area contributed by atoms with E-state index in [1.54, 1.807) is 43.3 Å². The number of anilines is 1. The molecule has 0 spiro atoms. The van der Waals surface area contributed by atoms with Crippen molar-refractivity contribution in [2.75, 3.05) is 25.2 Å². The van der Waals surface area contributed by atoms with Gasteiger partial charge in [-0.3, -0.25) is 14.5 Å². The Labute approximate surface area is 253 Å². The van der Waals surface area contributed by atoms with Crippen LogP contribution in [0.5, 0.6) is 17.2 Å². The summed E-state index contributed by atoms with van der Waals surface area (Å²) in [6.45, 7) is 8.36. The number of methoxy groups -OCH3 is 1. The monoisotopic (exact) mass is 606 g/mol. The summed E-state index contributed by atoms with van der Waals surface area (Å²) in [7, 11) is 1.26. The van der Waals surface area contributed by atoms with Gasteiger partial charge in [0.05, 0.1) is 37.6 Å². The van der Waals surface area contributed by atoms with Crippen LogP contribution >= 0.6 is 11.3 Å². The minimum absolute atomic E-state index is 0.00910. The fraction of sp³-hybridized carbons (Fsp3) is 0.375. The van der Waals surface area contributed by atoms with Crippen LogP contribution in [-0.2, 0) is 20.7 Å². The number of nitrogens with zero attached hydrogens (tertiary/aromatic N) is 2. The molecule has 43 heavy (non-hydrogen) atoms. The van der Waals surface area contributed by atoms with Gasteiger partial charge in [-0.2, -0.15) is 0 Å². The van der Waals surface area contributed by atoms with Crippen LogP contribution in [0.25, 0.3) is 5.76 Å². The van der Waals surface area contributed by atoms with Crippen LogP contribution in [0.15, 0.2) is 42.0 Å². The van der Waals surface area contributed by atoms with E-state index in [-0.39, 0.29) is 27.4 Å². The van der Waals surface area contributed by atoms with E-state index in [0.29, 0.717) is 48.0 Å².